The molecule has 0 fully saturated rings. The highest BCUT2D eigenvalue weighted by molar-refractivity contribution is 8.13. The van der Waals surface area contributed by atoms with E-state index in [9.17, 15) is 13.2 Å². The van der Waals surface area contributed by atoms with Crippen LogP contribution in [0.5, 0.6) is 0 Å². The summed E-state index contributed by atoms with van der Waals surface area (Å²) in [4.78, 5) is 11.5. The molecule has 0 amide bonds. The molecule has 19 heavy (non-hydrogen) atoms. The summed E-state index contributed by atoms with van der Waals surface area (Å²) in [6.07, 6.45) is 1.96. The lowest BCUT2D eigenvalue weighted by atomic mass is 10.1. The highest BCUT2D eigenvalue weighted by atomic mass is 35.7. The van der Waals surface area contributed by atoms with Gasteiger partial charge in [-0.2, -0.15) is 0 Å². The van der Waals surface area contributed by atoms with Gasteiger partial charge in [-0.3, -0.25) is 0 Å². The van der Waals surface area contributed by atoms with E-state index in [1.54, 1.807) is 0 Å². The average Bonchev–Trinajstić information content (AvgIpc) is 2.68. The van der Waals surface area contributed by atoms with Crippen molar-refractivity contribution < 1.29 is 22.4 Å². The van der Waals surface area contributed by atoms with E-state index >= 15 is 0 Å². The summed E-state index contributed by atoms with van der Waals surface area (Å²) in [6, 6.07) is 1.09. The maximum absolute atomic E-state index is 11.7. The molecule has 0 bridgehead atoms. The molecule has 0 spiro atoms. The lowest BCUT2D eigenvalue weighted by molar-refractivity contribution is 0.0406. The summed E-state index contributed by atoms with van der Waals surface area (Å²) in [6.45, 7) is 5.71. The Bertz CT molecular complexity index is 546. The van der Waals surface area contributed by atoms with Gasteiger partial charge in [0.1, 0.15) is 10.7 Å². The lowest BCUT2D eigenvalue weighted by Crippen LogP contribution is -2.11. The fourth-order valence-electron chi connectivity index (χ4n) is 1.67. The van der Waals surface area contributed by atoms with Crippen molar-refractivity contribution in [2.45, 2.75) is 38.5 Å². The van der Waals surface area contributed by atoms with Crippen LogP contribution in [-0.2, 0) is 13.8 Å². The first-order chi connectivity index (χ1) is 8.75. The number of furan rings is 1. The van der Waals surface area contributed by atoms with E-state index in [1.807, 2.05) is 13.8 Å². The molecule has 0 aromatic carbocycles. The van der Waals surface area contributed by atoms with Crippen LogP contribution >= 0.6 is 10.7 Å². The largest absolute Gasteiger partial charge is 0.460 e. The zero-order valence-electron chi connectivity index (χ0n) is 11.1. The van der Waals surface area contributed by atoms with Gasteiger partial charge in [-0.15, -0.1) is 0 Å². The molecule has 1 aromatic heterocycles. The number of rotatable bonds is 6. The monoisotopic (exact) mass is 308 g/mol. The Balaban J connectivity index is 2.74. The zero-order chi connectivity index (χ0) is 14.6. The molecule has 1 unspecified atom stereocenters. The van der Waals surface area contributed by atoms with Crippen molar-refractivity contribution in [1.82, 2.24) is 0 Å². The van der Waals surface area contributed by atoms with Gasteiger partial charge in [0.05, 0.1) is 6.61 Å². The van der Waals surface area contributed by atoms with Crippen LogP contribution in [0.25, 0.3) is 0 Å². The fourth-order valence-corrected chi connectivity index (χ4v) is 2.77. The van der Waals surface area contributed by atoms with Crippen molar-refractivity contribution in [1.29, 1.82) is 0 Å². The molecule has 1 atom stereocenters. The summed E-state index contributed by atoms with van der Waals surface area (Å²) < 4.78 is 32.5. The van der Waals surface area contributed by atoms with Gasteiger partial charge in [0, 0.05) is 16.7 Å². The van der Waals surface area contributed by atoms with Gasteiger partial charge in [-0.1, -0.05) is 20.3 Å². The maximum atomic E-state index is 11.7. The Hall–Kier alpha value is -1.01. The second-order valence-corrected chi connectivity index (χ2v) is 7.00. The Morgan fingerprint density at radius 1 is 1.53 bits per heavy atom. The summed E-state index contributed by atoms with van der Waals surface area (Å²) in [7, 11) is 1.30. The summed E-state index contributed by atoms with van der Waals surface area (Å²) in [5, 5.41) is 0. The average molecular weight is 309 g/mol. The van der Waals surface area contributed by atoms with Gasteiger partial charge in [-0.05, 0) is 19.3 Å². The summed E-state index contributed by atoms with van der Waals surface area (Å²) >= 11 is 0. The highest BCUT2D eigenvalue weighted by Gasteiger charge is 2.23. The molecule has 1 aromatic rings. The minimum Gasteiger partial charge on any atom is -0.460 e. The van der Waals surface area contributed by atoms with Gasteiger partial charge in [0.15, 0.2) is 0 Å². The van der Waals surface area contributed by atoms with Crippen LogP contribution in [0.2, 0.25) is 0 Å². The van der Waals surface area contributed by atoms with E-state index < -0.39 is 15.0 Å². The van der Waals surface area contributed by atoms with Crippen LogP contribution in [0.1, 0.15) is 43.0 Å². The van der Waals surface area contributed by atoms with Crippen LogP contribution in [0.4, 0.5) is 0 Å². The predicted octanol–water partition coefficient (Wildman–Crippen LogP) is 3.11. The molecule has 0 saturated carbocycles. The Kier molecular flexibility index (Phi) is 5.43. The van der Waals surface area contributed by atoms with Crippen LogP contribution in [0.3, 0.4) is 0 Å². The van der Waals surface area contributed by atoms with E-state index in [-0.39, 0.29) is 28.9 Å². The van der Waals surface area contributed by atoms with Gasteiger partial charge < -0.3 is 9.15 Å². The molecule has 1 rings (SSSR count). The molecule has 0 aliphatic heterocycles. The van der Waals surface area contributed by atoms with Crippen LogP contribution in [-0.4, -0.2) is 21.0 Å². The molecule has 7 heteroatoms. The molecule has 0 radical (unpaired) electrons. The third-order valence-corrected chi connectivity index (χ3v) is 4.05. The van der Waals surface area contributed by atoms with Crippen molar-refractivity contribution in [3.63, 3.8) is 0 Å². The minimum absolute atomic E-state index is 0.0727. The van der Waals surface area contributed by atoms with Crippen molar-refractivity contribution in [2.24, 2.45) is 5.92 Å². The quantitative estimate of drug-likeness (QED) is 0.596. The van der Waals surface area contributed by atoms with Gasteiger partial charge in [-0.25, -0.2) is 13.2 Å². The number of ether oxygens (including phenoxy) is 1. The van der Waals surface area contributed by atoms with Crippen LogP contribution < -0.4 is 0 Å². The first-order valence-corrected chi connectivity index (χ1v) is 8.28. The topological polar surface area (TPSA) is 73.6 Å². The second kappa shape index (κ2) is 6.43. The number of aryl methyl sites for hydroxylation is 1. The fraction of sp³-hybridized carbons (Fsp3) is 0.583. The number of hydrogen-bond donors (Lipinski definition) is 0. The predicted molar refractivity (Wildman–Crippen MR) is 70.8 cm³/mol. The highest BCUT2D eigenvalue weighted by Crippen LogP contribution is 2.24. The van der Waals surface area contributed by atoms with Crippen molar-refractivity contribution in [2.75, 3.05) is 6.61 Å². The normalized spacial score (nSPS) is 13.3. The van der Waals surface area contributed by atoms with Crippen molar-refractivity contribution in [3.8, 4) is 0 Å². The number of hydrogen-bond acceptors (Lipinski definition) is 5. The van der Waals surface area contributed by atoms with E-state index in [0.29, 0.717) is 0 Å². The van der Waals surface area contributed by atoms with E-state index in [0.717, 1.165) is 18.9 Å². The first kappa shape index (κ1) is 16.0. The number of carbonyl (C=O) groups is 1. The molecule has 108 valence electrons. The standard InChI is InChI=1S/C12H17ClO5S/c1-4-5-8(2)7-17-12(14)10-6-11(9(3)18-10)19(13,15)16/h6,8H,4-5,7H2,1-3H3. The van der Waals surface area contributed by atoms with Gasteiger partial charge in [0.25, 0.3) is 9.05 Å². The number of esters is 1. The number of carbonyl (C=O) groups excluding carboxylic acids is 1. The molecule has 0 saturated heterocycles. The minimum atomic E-state index is -3.92. The smallest absolute Gasteiger partial charge is 0.374 e. The summed E-state index contributed by atoms with van der Waals surface area (Å²) in [5.41, 5.74) is 0. The van der Waals surface area contributed by atoms with Crippen molar-refractivity contribution in [3.05, 3.63) is 17.6 Å². The van der Waals surface area contributed by atoms with E-state index in [1.165, 1.54) is 6.92 Å². The molecule has 0 aliphatic carbocycles. The van der Waals surface area contributed by atoms with Crippen LogP contribution in [0, 0.1) is 12.8 Å². The SMILES string of the molecule is CCCC(C)COC(=O)c1cc(S(=O)(=O)Cl)c(C)o1. The second-order valence-electron chi connectivity index (χ2n) is 4.46. The van der Waals surface area contributed by atoms with E-state index in [4.69, 9.17) is 19.8 Å². The van der Waals surface area contributed by atoms with Gasteiger partial charge in [0.2, 0.25) is 5.76 Å². The third kappa shape index (κ3) is 4.54. The van der Waals surface area contributed by atoms with E-state index in [2.05, 4.69) is 0 Å². The molecular formula is C12H17ClO5S. The molecule has 0 aliphatic rings. The zero-order valence-corrected chi connectivity index (χ0v) is 12.7. The molecular weight excluding hydrogens is 292 g/mol. The Morgan fingerprint density at radius 3 is 2.63 bits per heavy atom. The Morgan fingerprint density at radius 2 is 2.16 bits per heavy atom. The Labute approximate surface area is 117 Å². The summed E-state index contributed by atoms with van der Waals surface area (Å²) in [5.74, 6) is -0.511. The lowest BCUT2D eigenvalue weighted by Gasteiger charge is -2.09. The number of halogens is 1. The first-order valence-electron chi connectivity index (χ1n) is 5.98. The third-order valence-electron chi connectivity index (χ3n) is 2.62. The van der Waals surface area contributed by atoms with Gasteiger partial charge >= 0.3 is 5.97 Å². The maximum Gasteiger partial charge on any atom is 0.374 e. The molecule has 1 heterocycles. The van der Waals surface area contributed by atoms with Crippen LogP contribution in [0.15, 0.2) is 15.4 Å². The van der Waals surface area contributed by atoms with Crippen molar-refractivity contribution >= 4 is 25.7 Å². The molecule has 5 nitrogen and oxygen atoms in total. The molecule has 0 N–H and O–H groups in total.